The molecule has 2 heterocycles. The molecule has 3 rings (SSSR count). The molecule has 1 aromatic carbocycles. The summed E-state index contributed by atoms with van der Waals surface area (Å²) in [5.41, 5.74) is 11.4. The zero-order valence-corrected chi connectivity index (χ0v) is 27.9. The summed E-state index contributed by atoms with van der Waals surface area (Å²) in [6.07, 6.45) is -1.44. The van der Waals surface area contributed by atoms with Crippen molar-refractivity contribution in [2.45, 2.75) is 57.9 Å². The average Bonchev–Trinajstić information content (AvgIpc) is 3.38. The number of carbonyl (C=O) groups is 3. The van der Waals surface area contributed by atoms with E-state index in [2.05, 4.69) is 19.6 Å². The number of aliphatic imine (C=N–C) groups is 1. The van der Waals surface area contributed by atoms with Crippen molar-refractivity contribution < 1.29 is 67.5 Å². The van der Waals surface area contributed by atoms with Gasteiger partial charge in [-0.3, -0.25) is 19.6 Å². The number of hydrogen-bond donors (Lipinski definition) is 6. The average molecular weight is 763 g/mol. The van der Waals surface area contributed by atoms with Gasteiger partial charge in [0.25, 0.3) is 11.8 Å². The van der Waals surface area contributed by atoms with Gasteiger partial charge >= 0.3 is 17.5 Å². The number of aliphatic hydroxyl groups is 2. The van der Waals surface area contributed by atoms with Crippen LogP contribution in [-0.4, -0.2) is 95.0 Å². The molecule has 20 heteroatoms. The van der Waals surface area contributed by atoms with Gasteiger partial charge in [-0.15, -0.1) is 4.28 Å². The summed E-state index contributed by atoms with van der Waals surface area (Å²) in [5, 5.41) is 30.0. The second-order valence-electron chi connectivity index (χ2n) is 10.5. The number of hydroxylamine groups is 2. The summed E-state index contributed by atoms with van der Waals surface area (Å²) in [4.78, 5) is 42.7. The Bertz CT molecular complexity index is 1410. The molecule has 2 atom stereocenters. The Labute approximate surface area is 278 Å². The number of hydrogen-bond acceptors (Lipinski definition) is 12. The molecule has 3 amide bonds. The Hall–Kier alpha value is -3.35. The van der Waals surface area contributed by atoms with E-state index in [1.807, 2.05) is 0 Å². The Morgan fingerprint density at radius 3 is 2.29 bits per heavy atom. The smallest absolute Gasteiger partial charge is 0.436 e. The van der Waals surface area contributed by atoms with Crippen LogP contribution in [0.2, 0.25) is 0 Å². The number of nitrogens with one attached hydrogen (secondary N) is 3. The predicted molar refractivity (Wildman–Crippen MR) is 160 cm³/mol. The number of aliphatic hydroxyl groups excluding tert-OH is 2. The van der Waals surface area contributed by atoms with E-state index in [0.29, 0.717) is 16.4 Å². The topological polar surface area (TPSA) is 271 Å². The maximum atomic E-state index is 12.0. The van der Waals surface area contributed by atoms with E-state index in [-0.39, 0.29) is 50.3 Å². The van der Waals surface area contributed by atoms with E-state index >= 15 is 0 Å². The Kier molecular flexibility index (Phi) is 14.8. The number of β-lactam (4-membered cyclic amide) rings is 1. The van der Waals surface area contributed by atoms with E-state index in [4.69, 9.17) is 41.1 Å². The van der Waals surface area contributed by atoms with Gasteiger partial charge in [0.2, 0.25) is 0 Å². The van der Waals surface area contributed by atoms with Gasteiger partial charge in [-0.2, -0.15) is 25.6 Å². The molecule has 2 unspecified atom stereocenters. The molecule has 1 fully saturated rings. The molecule has 0 radical (unpaired) electrons. The van der Waals surface area contributed by atoms with Crippen molar-refractivity contribution in [1.82, 2.24) is 15.4 Å². The normalized spacial score (nSPS) is 16.4. The molecule has 17 nitrogen and oxygen atoms in total. The zero-order chi connectivity index (χ0) is 33.4. The molecule has 0 spiro atoms. The molecular weight excluding hydrogens is 729 g/mol. The SMILES string of the molecule is CC(C)(C)OC(=O)/N=C(\N)c1ccc(OC(CO)CO)cc1.CC1(C)C(NC(=O)C(=N)c2csc([NH-])n2)C(=O)N1OS(=O)O.[Pd]. The fourth-order valence-corrected chi connectivity index (χ4v) is 4.31. The minimum Gasteiger partial charge on any atom is -0.486 e. The summed E-state index contributed by atoms with van der Waals surface area (Å²) >= 11 is -1.68. The second kappa shape index (κ2) is 16.8. The maximum absolute atomic E-state index is 12.0. The maximum Gasteiger partial charge on any atom is 0.436 e. The summed E-state index contributed by atoms with van der Waals surface area (Å²) in [6.45, 7) is 7.69. The number of ether oxygens (including phenoxy) is 2. The van der Waals surface area contributed by atoms with Crippen LogP contribution in [0.25, 0.3) is 5.73 Å². The van der Waals surface area contributed by atoms with Crippen LogP contribution in [0.15, 0.2) is 34.6 Å². The summed E-state index contributed by atoms with van der Waals surface area (Å²) in [7, 11) is 0. The van der Waals surface area contributed by atoms with E-state index in [1.165, 1.54) is 19.2 Å². The van der Waals surface area contributed by atoms with Gasteiger partial charge in [0, 0.05) is 31.7 Å². The summed E-state index contributed by atoms with van der Waals surface area (Å²) < 4.78 is 34.1. The molecule has 1 saturated heterocycles. The van der Waals surface area contributed by atoms with Crippen molar-refractivity contribution in [2.24, 2.45) is 10.7 Å². The Balaban J connectivity index is 0.000000440. The van der Waals surface area contributed by atoms with Crippen LogP contribution in [0.1, 0.15) is 45.9 Å². The van der Waals surface area contributed by atoms with Gasteiger partial charge < -0.3 is 41.5 Å². The fraction of sp³-hybridized carbons (Fsp3) is 0.440. The van der Waals surface area contributed by atoms with E-state index in [9.17, 15) is 18.6 Å². The first-order valence-electron chi connectivity index (χ1n) is 12.7. The minimum atomic E-state index is -2.65. The van der Waals surface area contributed by atoms with E-state index < -0.39 is 58.3 Å². The standard InChI is InChI=1S/C15H22N2O5.C10H13N5O5S2.Pd/c1-15(2,3)22-14(20)17-13(16)10-4-6-11(7-5-10)21-12(8-18)9-19;1-10(2)6(8(17)15(10)20-22(18)19)14-7(16)5(11)4-3-21-9(12)13-4;/h4-7,12,18-19H,8-9H2,1-3H3,(H2,16,17,20);3,6,11H,1-2H3,(H4,12,13,14,16,18,19);/p-1. The van der Waals surface area contributed by atoms with Crippen molar-refractivity contribution in [3.05, 3.63) is 46.6 Å². The molecule has 1 aromatic heterocycles. The van der Waals surface area contributed by atoms with Crippen LogP contribution in [0.5, 0.6) is 5.75 Å². The third-order valence-electron chi connectivity index (χ3n) is 5.54. The Morgan fingerprint density at radius 2 is 1.84 bits per heavy atom. The number of aromatic nitrogens is 1. The number of amidine groups is 1. The van der Waals surface area contributed by atoms with Crippen LogP contribution < -0.4 is 15.8 Å². The number of benzene rings is 1. The monoisotopic (exact) mass is 762 g/mol. The first-order chi connectivity index (χ1) is 20.4. The molecule has 252 valence electrons. The molecule has 45 heavy (non-hydrogen) atoms. The van der Waals surface area contributed by atoms with Gasteiger partial charge in [-0.1, -0.05) is 0 Å². The van der Waals surface area contributed by atoms with Gasteiger partial charge in [-0.25, -0.2) is 4.79 Å². The van der Waals surface area contributed by atoms with Crippen molar-refractivity contribution in [1.29, 1.82) is 5.41 Å². The molecule has 0 bridgehead atoms. The first-order valence-corrected chi connectivity index (χ1v) is 14.6. The van der Waals surface area contributed by atoms with Crippen molar-refractivity contribution in [2.75, 3.05) is 13.2 Å². The molecular formula is C25H34N7O10PdS2-. The van der Waals surface area contributed by atoms with Crippen molar-refractivity contribution in [3.8, 4) is 5.75 Å². The van der Waals surface area contributed by atoms with Gasteiger partial charge in [0.15, 0.2) is 0 Å². The molecule has 1 aliphatic rings. The number of nitrogens with zero attached hydrogens (tertiary/aromatic N) is 3. The number of amides is 3. The quantitative estimate of drug-likeness (QED) is 0.0660. The zero-order valence-electron chi connectivity index (χ0n) is 24.7. The minimum absolute atomic E-state index is 0. The van der Waals surface area contributed by atoms with Crippen LogP contribution in [0, 0.1) is 5.41 Å². The number of carbonyl (C=O) groups excluding carboxylic acids is 3. The van der Waals surface area contributed by atoms with Gasteiger partial charge in [-0.05, 0) is 69.4 Å². The second-order valence-corrected chi connectivity index (χ2v) is 11.9. The molecule has 1 aliphatic heterocycles. The van der Waals surface area contributed by atoms with E-state index in [1.54, 1.807) is 45.0 Å². The molecule has 8 N–H and O–H groups in total. The molecule has 2 aromatic rings. The third-order valence-corrected chi connectivity index (χ3v) is 6.48. The van der Waals surface area contributed by atoms with Crippen molar-refractivity contribution >= 4 is 57.3 Å². The third kappa shape index (κ3) is 11.5. The fourth-order valence-electron chi connectivity index (χ4n) is 3.37. The van der Waals surface area contributed by atoms with Gasteiger partial charge in [0.05, 0.1) is 18.8 Å². The van der Waals surface area contributed by atoms with Crippen LogP contribution in [0.3, 0.4) is 0 Å². The van der Waals surface area contributed by atoms with Crippen LogP contribution >= 0.6 is 11.3 Å². The number of rotatable bonds is 10. The largest absolute Gasteiger partial charge is 0.486 e. The van der Waals surface area contributed by atoms with Crippen LogP contribution in [0.4, 0.5) is 9.93 Å². The van der Waals surface area contributed by atoms with Gasteiger partial charge in [0.1, 0.15) is 35.0 Å². The van der Waals surface area contributed by atoms with Crippen molar-refractivity contribution in [3.63, 3.8) is 0 Å². The number of nitrogens with two attached hydrogens (primary N) is 1. The Morgan fingerprint density at radius 1 is 1.27 bits per heavy atom. The summed E-state index contributed by atoms with van der Waals surface area (Å²) in [6, 6.07) is 5.43. The first kappa shape index (κ1) is 39.7. The molecule has 0 aliphatic carbocycles. The van der Waals surface area contributed by atoms with Crippen LogP contribution in [-0.2, 0) is 50.4 Å². The summed E-state index contributed by atoms with van der Waals surface area (Å²) in [5.74, 6) is -1.04. The predicted octanol–water partition coefficient (Wildman–Crippen LogP) is 1.43. The van der Waals surface area contributed by atoms with E-state index in [0.717, 1.165) is 11.3 Å². The molecule has 0 saturated carbocycles. The number of thiazole rings is 1.